The maximum absolute atomic E-state index is 10.8. The molecule has 1 amide bonds. The van der Waals surface area contributed by atoms with E-state index in [1.54, 1.807) is 0 Å². The zero-order valence-corrected chi connectivity index (χ0v) is 8.66. The number of carbonyl (C=O) groups is 1. The van der Waals surface area contributed by atoms with Crippen molar-refractivity contribution in [2.45, 2.75) is 20.0 Å². The number of hydrogen-bond donors (Lipinski definition) is 2. The summed E-state index contributed by atoms with van der Waals surface area (Å²) in [6, 6.07) is 2.03. The molecular formula is C10H17N3O. The predicted molar refractivity (Wildman–Crippen MR) is 55.6 cm³/mol. The molecule has 4 heteroatoms. The van der Waals surface area contributed by atoms with E-state index in [1.807, 2.05) is 37.0 Å². The molecule has 1 heterocycles. The Labute approximate surface area is 84.1 Å². The van der Waals surface area contributed by atoms with Crippen LogP contribution in [0.15, 0.2) is 18.5 Å². The normalized spacial score (nSPS) is 12.7. The summed E-state index contributed by atoms with van der Waals surface area (Å²) in [6.07, 6.45) is 3.99. The van der Waals surface area contributed by atoms with E-state index in [0.717, 1.165) is 6.54 Å². The van der Waals surface area contributed by atoms with E-state index >= 15 is 0 Å². The first-order chi connectivity index (χ1) is 6.63. The molecule has 3 N–H and O–H groups in total. The van der Waals surface area contributed by atoms with Crippen LogP contribution >= 0.6 is 0 Å². The molecule has 0 spiro atoms. The smallest absolute Gasteiger partial charge is 0.222 e. The van der Waals surface area contributed by atoms with Gasteiger partial charge in [-0.3, -0.25) is 4.79 Å². The Morgan fingerprint density at radius 3 is 3.00 bits per heavy atom. The lowest BCUT2D eigenvalue weighted by Gasteiger charge is -2.07. The molecule has 0 fully saturated rings. The predicted octanol–water partition coefficient (Wildman–Crippen LogP) is 0.329. The second-order valence-electron chi connectivity index (χ2n) is 3.55. The first-order valence-electron chi connectivity index (χ1n) is 4.72. The third kappa shape index (κ3) is 2.88. The van der Waals surface area contributed by atoms with Gasteiger partial charge < -0.3 is 15.6 Å². The summed E-state index contributed by atoms with van der Waals surface area (Å²) in [5.41, 5.74) is 6.40. The third-order valence-electron chi connectivity index (χ3n) is 2.16. The van der Waals surface area contributed by atoms with Crippen LogP contribution in [0.4, 0.5) is 0 Å². The number of primary amides is 1. The molecule has 0 aliphatic rings. The summed E-state index contributed by atoms with van der Waals surface area (Å²) in [5, 5.41) is 3.07. The lowest BCUT2D eigenvalue weighted by Crippen LogP contribution is -2.24. The molecule has 0 saturated carbocycles. The van der Waals surface area contributed by atoms with Gasteiger partial charge in [0.05, 0.1) is 5.92 Å². The Hall–Kier alpha value is -1.29. The molecular weight excluding hydrogens is 178 g/mol. The summed E-state index contributed by atoms with van der Waals surface area (Å²) in [5.74, 6) is -0.376. The van der Waals surface area contributed by atoms with E-state index < -0.39 is 0 Å². The number of hydrogen-bond acceptors (Lipinski definition) is 2. The fourth-order valence-electron chi connectivity index (χ4n) is 1.32. The molecule has 0 radical (unpaired) electrons. The van der Waals surface area contributed by atoms with E-state index in [2.05, 4.69) is 5.32 Å². The number of nitrogens with zero attached hydrogens (tertiary/aromatic N) is 1. The highest BCUT2D eigenvalue weighted by Crippen LogP contribution is 2.04. The quantitative estimate of drug-likeness (QED) is 0.711. The second kappa shape index (κ2) is 4.81. The highest BCUT2D eigenvalue weighted by molar-refractivity contribution is 5.76. The van der Waals surface area contributed by atoms with Crippen molar-refractivity contribution >= 4 is 5.91 Å². The Morgan fingerprint density at radius 1 is 1.71 bits per heavy atom. The Morgan fingerprint density at radius 2 is 2.43 bits per heavy atom. The molecule has 0 aromatic carbocycles. The van der Waals surface area contributed by atoms with Gasteiger partial charge in [0.15, 0.2) is 0 Å². The molecule has 0 aliphatic carbocycles. The van der Waals surface area contributed by atoms with Crippen molar-refractivity contribution in [2.75, 3.05) is 7.05 Å². The van der Waals surface area contributed by atoms with Crippen LogP contribution in [0.25, 0.3) is 0 Å². The fraction of sp³-hybridized carbons (Fsp3) is 0.500. The second-order valence-corrected chi connectivity index (χ2v) is 3.55. The highest BCUT2D eigenvalue weighted by atomic mass is 16.1. The molecule has 14 heavy (non-hydrogen) atoms. The Kier molecular flexibility index (Phi) is 3.71. The van der Waals surface area contributed by atoms with Crippen LogP contribution in [0.5, 0.6) is 0 Å². The van der Waals surface area contributed by atoms with Crippen LogP contribution < -0.4 is 11.1 Å². The standard InChI is InChI=1S/C10H17N3O/c1-8(10(11)14)6-13-4-3-9(7-13)5-12-2/h3-4,7-8,12H,5-6H2,1-2H3,(H2,11,14). The van der Waals surface area contributed by atoms with Crippen LogP contribution in [0, 0.1) is 5.92 Å². The minimum Gasteiger partial charge on any atom is -0.369 e. The Balaban J connectivity index is 2.55. The lowest BCUT2D eigenvalue weighted by atomic mass is 10.2. The molecule has 1 unspecified atom stereocenters. The van der Waals surface area contributed by atoms with Gasteiger partial charge in [-0.05, 0) is 18.7 Å². The van der Waals surface area contributed by atoms with Gasteiger partial charge >= 0.3 is 0 Å². The summed E-state index contributed by atoms with van der Waals surface area (Å²) in [6.45, 7) is 3.33. The summed E-state index contributed by atoms with van der Waals surface area (Å²) in [7, 11) is 1.91. The van der Waals surface area contributed by atoms with Crippen molar-refractivity contribution in [3.05, 3.63) is 24.0 Å². The van der Waals surface area contributed by atoms with Crippen molar-refractivity contribution in [2.24, 2.45) is 11.7 Å². The maximum atomic E-state index is 10.8. The van der Waals surface area contributed by atoms with Crippen LogP contribution in [-0.4, -0.2) is 17.5 Å². The molecule has 1 atom stereocenters. The summed E-state index contributed by atoms with van der Waals surface area (Å²) < 4.78 is 1.99. The van der Waals surface area contributed by atoms with Crippen LogP contribution in [-0.2, 0) is 17.9 Å². The van der Waals surface area contributed by atoms with E-state index in [9.17, 15) is 4.79 Å². The van der Waals surface area contributed by atoms with Gasteiger partial charge in [0.1, 0.15) is 0 Å². The van der Waals surface area contributed by atoms with Crippen molar-refractivity contribution in [1.82, 2.24) is 9.88 Å². The van der Waals surface area contributed by atoms with E-state index in [4.69, 9.17) is 5.73 Å². The zero-order chi connectivity index (χ0) is 10.6. The van der Waals surface area contributed by atoms with Crippen molar-refractivity contribution < 1.29 is 4.79 Å². The minimum absolute atomic E-state index is 0.121. The van der Waals surface area contributed by atoms with Crippen molar-refractivity contribution in [1.29, 1.82) is 0 Å². The fourth-order valence-corrected chi connectivity index (χ4v) is 1.32. The average molecular weight is 195 g/mol. The summed E-state index contributed by atoms with van der Waals surface area (Å²) >= 11 is 0. The van der Waals surface area contributed by atoms with Gasteiger partial charge in [-0.25, -0.2) is 0 Å². The monoisotopic (exact) mass is 195 g/mol. The number of rotatable bonds is 5. The van der Waals surface area contributed by atoms with Gasteiger partial charge in [-0.2, -0.15) is 0 Å². The van der Waals surface area contributed by atoms with Crippen LogP contribution in [0.2, 0.25) is 0 Å². The zero-order valence-electron chi connectivity index (χ0n) is 8.66. The van der Waals surface area contributed by atoms with E-state index in [-0.39, 0.29) is 11.8 Å². The molecule has 0 aliphatic heterocycles. The SMILES string of the molecule is CNCc1ccn(CC(C)C(N)=O)c1. The summed E-state index contributed by atoms with van der Waals surface area (Å²) in [4.78, 5) is 10.8. The number of nitrogens with two attached hydrogens (primary N) is 1. The molecule has 78 valence electrons. The van der Waals surface area contributed by atoms with Gasteiger partial charge in [0, 0.05) is 25.5 Å². The average Bonchev–Trinajstić information content (AvgIpc) is 2.53. The largest absolute Gasteiger partial charge is 0.369 e. The molecule has 0 saturated heterocycles. The number of aromatic nitrogens is 1. The van der Waals surface area contributed by atoms with Crippen molar-refractivity contribution in [3.63, 3.8) is 0 Å². The van der Waals surface area contributed by atoms with Gasteiger partial charge in [0.2, 0.25) is 5.91 Å². The van der Waals surface area contributed by atoms with Crippen molar-refractivity contribution in [3.8, 4) is 0 Å². The highest BCUT2D eigenvalue weighted by Gasteiger charge is 2.08. The number of nitrogens with one attached hydrogen (secondary N) is 1. The first kappa shape index (κ1) is 10.8. The van der Waals surface area contributed by atoms with E-state index in [0.29, 0.717) is 6.54 Å². The first-order valence-corrected chi connectivity index (χ1v) is 4.72. The van der Waals surface area contributed by atoms with Gasteiger partial charge in [0.25, 0.3) is 0 Å². The molecule has 4 nitrogen and oxygen atoms in total. The molecule has 0 bridgehead atoms. The molecule has 1 aromatic heterocycles. The van der Waals surface area contributed by atoms with E-state index in [1.165, 1.54) is 5.56 Å². The Bertz CT molecular complexity index is 306. The van der Waals surface area contributed by atoms with Crippen LogP contribution in [0.1, 0.15) is 12.5 Å². The van der Waals surface area contributed by atoms with Crippen LogP contribution in [0.3, 0.4) is 0 Å². The van der Waals surface area contributed by atoms with Gasteiger partial charge in [-0.1, -0.05) is 6.92 Å². The number of amides is 1. The molecule has 1 aromatic rings. The third-order valence-corrected chi connectivity index (χ3v) is 2.16. The maximum Gasteiger partial charge on any atom is 0.222 e. The van der Waals surface area contributed by atoms with Gasteiger partial charge in [-0.15, -0.1) is 0 Å². The molecule has 1 rings (SSSR count). The number of carbonyl (C=O) groups excluding carboxylic acids is 1. The topological polar surface area (TPSA) is 60.1 Å². The lowest BCUT2D eigenvalue weighted by molar-refractivity contribution is -0.121. The minimum atomic E-state index is -0.256.